The lowest BCUT2D eigenvalue weighted by Gasteiger charge is -2.04. The molecule has 1 aromatic carbocycles. The Hall–Kier alpha value is -0.650. The molecular formula is C12H9Br2NOS. The average molecular weight is 375 g/mol. The number of nitrogen functional groups attached to an aromatic ring is 1. The molecule has 0 unspecified atom stereocenters. The Morgan fingerprint density at radius 1 is 1.24 bits per heavy atom. The number of Topliss-reactive ketones (excluding diaryl/α,β-unsaturated/α-hetero) is 1. The van der Waals surface area contributed by atoms with Gasteiger partial charge in [-0.3, -0.25) is 4.79 Å². The van der Waals surface area contributed by atoms with Gasteiger partial charge < -0.3 is 5.73 Å². The van der Waals surface area contributed by atoms with E-state index in [2.05, 4.69) is 31.9 Å². The number of thiophene rings is 1. The van der Waals surface area contributed by atoms with Crippen molar-refractivity contribution in [2.75, 3.05) is 5.73 Å². The molecular weight excluding hydrogens is 366 g/mol. The summed E-state index contributed by atoms with van der Waals surface area (Å²) in [7, 11) is 0. The molecule has 1 aromatic heterocycles. The predicted molar refractivity (Wildman–Crippen MR) is 78.6 cm³/mol. The summed E-state index contributed by atoms with van der Waals surface area (Å²) < 4.78 is 1.87. The van der Waals surface area contributed by atoms with Crippen LogP contribution in [0.1, 0.15) is 15.2 Å². The minimum absolute atomic E-state index is 0.0400. The van der Waals surface area contributed by atoms with Crippen LogP contribution in [0.2, 0.25) is 0 Å². The average Bonchev–Trinajstić information content (AvgIpc) is 2.67. The van der Waals surface area contributed by atoms with Gasteiger partial charge in [-0.15, -0.1) is 11.3 Å². The minimum atomic E-state index is 0.0400. The molecule has 88 valence electrons. The molecule has 0 saturated heterocycles. The summed E-state index contributed by atoms with van der Waals surface area (Å²) in [5.41, 5.74) is 6.90. The Morgan fingerprint density at radius 3 is 2.65 bits per heavy atom. The number of ketones is 1. The molecule has 5 heteroatoms. The van der Waals surface area contributed by atoms with Crippen LogP contribution in [-0.4, -0.2) is 5.78 Å². The van der Waals surface area contributed by atoms with Crippen molar-refractivity contribution in [3.05, 3.63) is 49.0 Å². The normalized spacial score (nSPS) is 10.5. The largest absolute Gasteiger partial charge is 0.398 e. The standard InChI is InChI=1S/C12H9Br2NOS/c13-7-1-2-11(15)10(4-7)12(16)5-9-3-8(14)6-17-9/h1-4,6H,5,15H2. The topological polar surface area (TPSA) is 43.1 Å². The number of halogens is 2. The minimum Gasteiger partial charge on any atom is -0.398 e. The molecule has 0 amide bonds. The number of anilines is 1. The molecule has 0 aliphatic carbocycles. The Kier molecular flexibility index (Phi) is 4.01. The molecule has 1 heterocycles. The van der Waals surface area contributed by atoms with Crippen LogP contribution in [-0.2, 0) is 6.42 Å². The summed E-state index contributed by atoms with van der Waals surface area (Å²) in [6.07, 6.45) is 0.386. The zero-order valence-corrected chi connectivity index (χ0v) is 12.7. The summed E-state index contributed by atoms with van der Waals surface area (Å²) >= 11 is 8.28. The fraction of sp³-hybridized carbons (Fsp3) is 0.0833. The van der Waals surface area contributed by atoms with Gasteiger partial charge in [0, 0.05) is 36.9 Å². The third-order valence-electron chi connectivity index (χ3n) is 2.27. The number of rotatable bonds is 3. The highest BCUT2D eigenvalue weighted by atomic mass is 79.9. The van der Waals surface area contributed by atoms with Gasteiger partial charge in [-0.05, 0) is 40.2 Å². The number of benzene rings is 1. The van der Waals surface area contributed by atoms with E-state index in [1.165, 1.54) is 0 Å². The van der Waals surface area contributed by atoms with E-state index in [0.29, 0.717) is 17.7 Å². The first-order valence-corrected chi connectivity index (χ1v) is 7.34. The second-order valence-electron chi connectivity index (χ2n) is 3.56. The van der Waals surface area contributed by atoms with E-state index in [-0.39, 0.29) is 5.78 Å². The van der Waals surface area contributed by atoms with Crippen LogP contribution < -0.4 is 5.73 Å². The van der Waals surface area contributed by atoms with Gasteiger partial charge in [0.1, 0.15) is 0 Å². The third-order valence-corrected chi connectivity index (χ3v) is 4.46. The Morgan fingerprint density at radius 2 is 2.00 bits per heavy atom. The summed E-state index contributed by atoms with van der Waals surface area (Å²) in [5.74, 6) is 0.0400. The lowest BCUT2D eigenvalue weighted by Crippen LogP contribution is -2.06. The Balaban J connectivity index is 2.22. The van der Waals surface area contributed by atoms with E-state index in [9.17, 15) is 4.79 Å². The molecule has 0 bridgehead atoms. The van der Waals surface area contributed by atoms with Gasteiger partial charge in [-0.1, -0.05) is 15.9 Å². The van der Waals surface area contributed by atoms with Gasteiger partial charge in [0.15, 0.2) is 5.78 Å². The zero-order valence-electron chi connectivity index (χ0n) is 8.74. The molecule has 0 radical (unpaired) electrons. The van der Waals surface area contributed by atoms with E-state index < -0.39 is 0 Å². The summed E-state index contributed by atoms with van der Waals surface area (Å²) in [6, 6.07) is 7.28. The van der Waals surface area contributed by atoms with Crippen LogP contribution in [0.15, 0.2) is 38.6 Å². The van der Waals surface area contributed by atoms with Crippen molar-refractivity contribution >= 4 is 54.7 Å². The van der Waals surface area contributed by atoms with Crippen molar-refractivity contribution in [3.8, 4) is 0 Å². The molecule has 0 saturated carbocycles. The second kappa shape index (κ2) is 5.33. The molecule has 17 heavy (non-hydrogen) atoms. The van der Waals surface area contributed by atoms with Gasteiger partial charge in [0.05, 0.1) is 0 Å². The highest BCUT2D eigenvalue weighted by Crippen LogP contribution is 2.24. The molecule has 2 rings (SSSR count). The quantitative estimate of drug-likeness (QED) is 0.643. The van der Waals surface area contributed by atoms with Crippen molar-refractivity contribution in [1.82, 2.24) is 0 Å². The monoisotopic (exact) mass is 373 g/mol. The van der Waals surface area contributed by atoms with Gasteiger partial charge in [-0.2, -0.15) is 0 Å². The van der Waals surface area contributed by atoms with Gasteiger partial charge in [0.25, 0.3) is 0 Å². The number of nitrogens with two attached hydrogens (primary N) is 1. The number of carbonyl (C=O) groups excluding carboxylic acids is 1. The number of carbonyl (C=O) groups is 1. The molecule has 0 spiro atoms. The first-order chi connectivity index (χ1) is 8.06. The fourth-order valence-electron chi connectivity index (χ4n) is 1.47. The van der Waals surface area contributed by atoms with Gasteiger partial charge >= 0.3 is 0 Å². The van der Waals surface area contributed by atoms with Crippen molar-refractivity contribution in [3.63, 3.8) is 0 Å². The van der Waals surface area contributed by atoms with E-state index in [4.69, 9.17) is 5.73 Å². The van der Waals surface area contributed by atoms with Crippen LogP contribution in [0.3, 0.4) is 0 Å². The number of hydrogen-bond acceptors (Lipinski definition) is 3. The first kappa shape index (κ1) is 12.8. The third kappa shape index (κ3) is 3.18. The fourth-order valence-corrected chi connectivity index (χ4v) is 3.28. The van der Waals surface area contributed by atoms with Gasteiger partial charge in [0.2, 0.25) is 0 Å². The lowest BCUT2D eigenvalue weighted by atomic mass is 10.1. The molecule has 2 aromatic rings. The van der Waals surface area contributed by atoms with Crippen molar-refractivity contribution in [2.24, 2.45) is 0 Å². The Bertz CT molecular complexity index is 565. The summed E-state index contributed by atoms with van der Waals surface area (Å²) in [5, 5.41) is 1.97. The zero-order chi connectivity index (χ0) is 12.4. The molecule has 2 nitrogen and oxygen atoms in total. The van der Waals surface area contributed by atoms with E-state index in [1.807, 2.05) is 17.5 Å². The summed E-state index contributed by atoms with van der Waals surface area (Å²) in [4.78, 5) is 13.1. The summed E-state index contributed by atoms with van der Waals surface area (Å²) in [6.45, 7) is 0. The molecule has 0 aliphatic rings. The van der Waals surface area contributed by atoms with Crippen LogP contribution in [0, 0.1) is 0 Å². The highest BCUT2D eigenvalue weighted by Gasteiger charge is 2.12. The lowest BCUT2D eigenvalue weighted by molar-refractivity contribution is 0.0994. The van der Waals surface area contributed by atoms with Crippen LogP contribution in [0.4, 0.5) is 5.69 Å². The number of hydrogen-bond donors (Lipinski definition) is 1. The highest BCUT2D eigenvalue weighted by molar-refractivity contribution is 9.10. The first-order valence-electron chi connectivity index (χ1n) is 4.87. The van der Waals surface area contributed by atoms with Gasteiger partial charge in [-0.25, -0.2) is 0 Å². The molecule has 0 atom stereocenters. The van der Waals surface area contributed by atoms with E-state index in [0.717, 1.165) is 13.8 Å². The van der Waals surface area contributed by atoms with E-state index >= 15 is 0 Å². The second-order valence-corrected chi connectivity index (χ2v) is 6.39. The maximum Gasteiger partial charge on any atom is 0.170 e. The Labute approximate surface area is 120 Å². The predicted octanol–water partition coefficient (Wildman–Crippen LogP) is 4.28. The smallest absolute Gasteiger partial charge is 0.170 e. The van der Waals surface area contributed by atoms with Crippen molar-refractivity contribution in [1.29, 1.82) is 0 Å². The van der Waals surface area contributed by atoms with Crippen LogP contribution >= 0.6 is 43.2 Å². The van der Waals surface area contributed by atoms with Crippen LogP contribution in [0.5, 0.6) is 0 Å². The molecule has 0 fully saturated rings. The van der Waals surface area contributed by atoms with Crippen molar-refractivity contribution < 1.29 is 4.79 Å². The molecule has 2 N–H and O–H groups in total. The van der Waals surface area contributed by atoms with Crippen molar-refractivity contribution in [2.45, 2.75) is 6.42 Å². The van der Waals surface area contributed by atoms with Crippen LogP contribution in [0.25, 0.3) is 0 Å². The SMILES string of the molecule is Nc1ccc(Br)cc1C(=O)Cc1cc(Br)cs1. The maximum atomic E-state index is 12.1. The maximum absolute atomic E-state index is 12.1. The van der Waals surface area contributed by atoms with E-state index in [1.54, 1.807) is 23.5 Å². The molecule has 0 aliphatic heterocycles.